The van der Waals surface area contributed by atoms with E-state index in [0.29, 0.717) is 56.1 Å². The topological polar surface area (TPSA) is 87.5 Å². The lowest BCUT2D eigenvalue weighted by Crippen LogP contribution is -2.47. The van der Waals surface area contributed by atoms with Crippen molar-refractivity contribution in [2.75, 3.05) is 31.5 Å². The van der Waals surface area contributed by atoms with E-state index in [1.165, 1.54) is 6.42 Å². The number of hydrogen-bond donors (Lipinski definition) is 1. The predicted octanol–water partition coefficient (Wildman–Crippen LogP) is 3.02. The maximum atomic E-state index is 13.0. The first-order valence-electron chi connectivity index (χ1n) is 11.9. The molecule has 3 amide bonds. The Labute approximate surface area is 195 Å². The van der Waals surface area contributed by atoms with Crippen LogP contribution in [0.5, 0.6) is 0 Å². The zero-order chi connectivity index (χ0) is 23.2. The molecule has 1 unspecified atom stereocenters. The smallest absolute Gasteiger partial charge is 0.253 e. The number of aromatic nitrogens is 2. The molecule has 0 spiro atoms. The van der Waals surface area contributed by atoms with Crippen molar-refractivity contribution < 1.29 is 14.4 Å². The maximum Gasteiger partial charge on any atom is 0.253 e. The molecule has 2 aromatic rings. The van der Waals surface area contributed by atoms with Gasteiger partial charge in [-0.15, -0.1) is 0 Å². The highest BCUT2D eigenvalue weighted by Crippen LogP contribution is 2.25. The Bertz CT molecular complexity index is 966. The van der Waals surface area contributed by atoms with Crippen LogP contribution >= 0.6 is 0 Å². The predicted molar refractivity (Wildman–Crippen MR) is 126 cm³/mol. The van der Waals surface area contributed by atoms with Crippen LogP contribution in [0.3, 0.4) is 0 Å². The van der Waals surface area contributed by atoms with Gasteiger partial charge in [-0.1, -0.05) is 13.0 Å². The van der Waals surface area contributed by atoms with Gasteiger partial charge in [-0.3, -0.25) is 14.4 Å². The summed E-state index contributed by atoms with van der Waals surface area (Å²) in [7, 11) is 0. The summed E-state index contributed by atoms with van der Waals surface area (Å²) in [5.74, 6) is 0.680. The first-order valence-corrected chi connectivity index (χ1v) is 11.9. The van der Waals surface area contributed by atoms with Crippen molar-refractivity contribution >= 4 is 23.4 Å². The van der Waals surface area contributed by atoms with Crippen LogP contribution in [0, 0.1) is 11.8 Å². The fourth-order valence-electron chi connectivity index (χ4n) is 4.76. The van der Waals surface area contributed by atoms with Gasteiger partial charge in [0.25, 0.3) is 5.91 Å². The fraction of sp³-hybridized carbons (Fsp3) is 0.520. The molecule has 4 rings (SSSR count). The van der Waals surface area contributed by atoms with E-state index in [-0.39, 0.29) is 23.6 Å². The number of nitrogens with one attached hydrogen (secondary N) is 1. The number of nitrogens with zero attached hydrogens (tertiary/aromatic N) is 4. The lowest BCUT2D eigenvalue weighted by Gasteiger charge is -2.37. The molecule has 176 valence electrons. The third-order valence-corrected chi connectivity index (χ3v) is 6.65. The number of carbonyl (C=O) groups excluding carboxylic acids is 3. The highest BCUT2D eigenvalue weighted by atomic mass is 16.2. The van der Waals surface area contributed by atoms with E-state index in [4.69, 9.17) is 0 Å². The number of hydrogen-bond acceptors (Lipinski definition) is 4. The number of carbonyl (C=O) groups is 3. The van der Waals surface area contributed by atoms with Crippen molar-refractivity contribution in [2.24, 2.45) is 11.8 Å². The summed E-state index contributed by atoms with van der Waals surface area (Å²) >= 11 is 0. The Morgan fingerprint density at radius 2 is 1.91 bits per heavy atom. The average Bonchev–Trinajstić information content (AvgIpc) is 3.36. The minimum absolute atomic E-state index is 0.0143. The van der Waals surface area contributed by atoms with Crippen LogP contribution in [0.25, 0.3) is 0 Å². The number of rotatable bonds is 6. The molecule has 2 aliphatic rings. The summed E-state index contributed by atoms with van der Waals surface area (Å²) in [6.07, 6.45) is 9.19. The van der Waals surface area contributed by atoms with Crippen LogP contribution in [-0.4, -0.2) is 63.3 Å². The van der Waals surface area contributed by atoms with Crippen molar-refractivity contribution in [3.05, 3.63) is 48.5 Å². The summed E-state index contributed by atoms with van der Waals surface area (Å²) in [5, 5.41) is 2.87. The molecular weight excluding hydrogens is 418 g/mol. The van der Waals surface area contributed by atoms with Crippen LogP contribution in [-0.2, 0) is 16.1 Å². The minimum atomic E-state index is -0.111. The van der Waals surface area contributed by atoms with E-state index < -0.39 is 0 Å². The Kier molecular flexibility index (Phi) is 7.42. The number of aryl methyl sites for hydroxylation is 1. The molecule has 8 nitrogen and oxygen atoms in total. The van der Waals surface area contributed by atoms with E-state index in [0.717, 1.165) is 19.5 Å². The minimum Gasteiger partial charge on any atom is -0.342 e. The summed E-state index contributed by atoms with van der Waals surface area (Å²) in [6, 6.07) is 7.07. The fourth-order valence-corrected chi connectivity index (χ4v) is 4.76. The average molecular weight is 452 g/mol. The van der Waals surface area contributed by atoms with Gasteiger partial charge in [0.05, 0.1) is 6.33 Å². The standard InChI is InChI=1S/C25H33N5O3/c1-19-4-3-11-30(17-19)24(32)20-7-13-29(14-8-20)25(33)21-5-2-6-22(16-21)27-23(31)9-12-28-15-10-26-18-28/h2,5-6,10,15-16,18-20H,3-4,7-9,11-14,17H2,1H3,(H,27,31). The third kappa shape index (κ3) is 6.00. The van der Waals surface area contributed by atoms with E-state index >= 15 is 0 Å². The van der Waals surface area contributed by atoms with Gasteiger partial charge in [-0.2, -0.15) is 0 Å². The second-order valence-corrected chi connectivity index (χ2v) is 9.28. The number of anilines is 1. The summed E-state index contributed by atoms with van der Waals surface area (Å²) in [4.78, 5) is 46.0. The Morgan fingerprint density at radius 1 is 1.09 bits per heavy atom. The maximum absolute atomic E-state index is 13.0. The largest absolute Gasteiger partial charge is 0.342 e. The molecule has 2 fully saturated rings. The molecule has 0 saturated carbocycles. The van der Waals surface area contributed by atoms with E-state index in [1.807, 2.05) is 20.6 Å². The van der Waals surface area contributed by atoms with Gasteiger partial charge in [0.1, 0.15) is 0 Å². The van der Waals surface area contributed by atoms with Crippen LogP contribution in [0.1, 0.15) is 49.4 Å². The Morgan fingerprint density at radius 3 is 2.64 bits per heavy atom. The summed E-state index contributed by atoms with van der Waals surface area (Å²) < 4.78 is 1.85. The van der Waals surface area contributed by atoms with E-state index in [1.54, 1.807) is 36.8 Å². The lowest BCUT2D eigenvalue weighted by molar-refractivity contribution is -0.138. The SMILES string of the molecule is CC1CCCN(C(=O)C2CCN(C(=O)c3cccc(NC(=O)CCn4ccnc4)c3)CC2)C1. The van der Waals surface area contributed by atoms with Crippen LogP contribution < -0.4 is 5.32 Å². The van der Waals surface area contributed by atoms with E-state index in [2.05, 4.69) is 17.2 Å². The van der Waals surface area contributed by atoms with Gasteiger partial charge in [-0.05, 0) is 49.8 Å². The molecule has 2 saturated heterocycles. The molecule has 8 heteroatoms. The first-order chi connectivity index (χ1) is 16.0. The first kappa shape index (κ1) is 23.0. The number of imidazole rings is 1. The monoisotopic (exact) mass is 451 g/mol. The van der Waals surface area contributed by atoms with Crippen molar-refractivity contribution in [3.63, 3.8) is 0 Å². The Hall–Kier alpha value is -3.16. The molecule has 2 aliphatic heterocycles. The summed E-state index contributed by atoms with van der Waals surface area (Å²) in [5.41, 5.74) is 1.16. The Balaban J connectivity index is 1.28. The molecule has 1 atom stereocenters. The number of benzene rings is 1. The van der Waals surface area contributed by atoms with Crippen LogP contribution in [0.15, 0.2) is 43.0 Å². The molecule has 3 heterocycles. The van der Waals surface area contributed by atoms with E-state index in [9.17, 15) is 14.4 Å². The number of piperidine rings is 2. The zero-order valence-corrected chi connectivity index (χ0v) is 19.3. The van der Waals surface area contributed by atoms with Gasteiger partial charge in [0, 0.05) is 68.7 Å². The number of likely N-dealkylation sites (tertiary alicyclic amines) is 2. The van der Waals surface area contributed by atoms with Crippen molar-refractivity contribution in [2.45, 2.75) is 45.6 Å². The number of amides is 3. The highest BCUT2D eigenvalue weighted by molar-refractivity contribution is 5.97. The molecule has 0 radical (unpaired) electrons. The highest BCUT2D eigenvalue weighted by Gasteiger charge is 2.32. The van der Waals surface area contributed by atoms with Crippen LogP contribution in [0.2, 0.25) is 0 Å². The molecule has 1 N–H and O–H groups in total. The van der Waals surface area contributed by atoms with Gasteiger partial charge in [0.2, 0.25) is 11.8 Å². The second-order valence-electron chi connectivity index (χ2n) is 9.28. The molecule has 0 aliphatic carbocycles. The van der Waals surface area contributed by atoms with Gasteiger partial charge < -0.3 is 19.7 Å². The second kappa shape index (κ2) is 10.6. The lowest BCUT2D eigenvalue weighted by atomic mass is 9.92. The third-order valence-electron chi connectivity index (χ3n) is 6.65. The molecule has 1 aromatic carbocycles. The summed E-state index contributed by atoms with van der Waals surface area (Å²) in [6.45, 7) is 5.65. The molecule has 0 bridgehead atoms. The zero-order valence-electron chi connectivity index (χ0n) is 19.3. The quantitative estimate of drug-likeness (QED) is 0.731. The van der Waals surface area contributed by atoms with Crippen LogP contribution in [0.4, 0.5) is 5.69 Å². The molecule has 1 aromatic heterocycles. The van der Waals surface area contributed by atoms with Crippen molar-refractivity contribution in [3.8, 4) is 0 Å². The van der Waals surface area contributed by atoms with Crippen molar-refractivity contribution in [1.82, 2.24) is 19.4 Å². The van der Waals surface area contributed by atoms with Gasteiger partial charge in [-0.25, -0.2) is 4.98 Å². The van der Waals surface area contributed by atoms with Crippen molar-refractivity contribution in [1.29, 1.82) is 0 Å². The molecular formula is C25H33N5O3. The van der Waals surface area contributed by atoms with Gasteiger partial charge >= 0.3 is 0 Å². The normalized spacial score (nSPS) is 19.4. The molecule has 33 heavy (non-hydrogen) atoms. The van der Waals surface area contributed by atoms with Gasteiger partial charge in [0.15, 0.2) is 0 Å².